The highest BCUT2D eigenvalue weighted by Crippen LogP contribution is 2.33. The molecule has 0 saturated carbocycles. The molecule has 4 aromatic rings. The van der Waals surface area contributed by atoms with Crippen LogP contribution in [0.1, 0.15) is 102 Å². The van der Waals surface area contributed by atoms with E-state index in [9.17, 15) is 28.8 Å². The molecule has 0 aromatic heterocycles. The lowest BCUT2D eigenvalue weighted by molar-refractivity contribution is 0.260. The molecule has 0 amide bonds. The number of carbonyl (C=O) groups excluding carboxylic acids is 7. The van der Waals surface area contributed by atoms with Gasteiger partial charge in [0, 0.05) is 15.6 Å². The van der Waals surface area contributed by atoms with Crippen LogP contribution in [0.4, 0.5) is 17.1 Å². The molecule has 1 atom stereocenters. The number of aryl methyl sites for hydroxylation is 2. The van der Waals surface area contributed by atoms with E-state index in [1.807, 2.05) is 147 Å². The van der Waals surface area contributed by atoms with Crippen LogP contribution in [0.2, 0.25) is 0 Å². The van der Waals surface area contributed by atoms with Gasteiger partial charge in [-0.2, -0.15) is 30.2 Å². The molecule has 16 nitrogen and oxygen atoms in total. The molecule has 384 valence electrons. The van der Waals surface area contributed by atoms with E-state index in [1.54, 1.807) is 48.7 Å². The molecule has 20 heteroatoms. The van der Waals surface area contributed by atoms with Crippen molar-refractivity contribution in [3.05, 3.63) is 124 Å². The Hall–Kier alpha value is -5.25. The van der Waals surface area contributed by atoms with E-state index < -0.39 is 11.1 Å². The first-order valence-corrected chi connectivity index (χ1v) is 23.2. The van der Waals surface area contributed by atoms with Crippen molar-refractivity contribution < 1.29 is 46.8 Å². The fraction of sp³-hybridized carbons (Fsp3) is 0.373. The maximum absolute atomic E-state index is 10.5. The molecule has 4 rings (SSSR count). The Morgan fingerprint density at radius 1 is 0.732 bits per heavy atom. The van der Waals surface area contributed by atoms with Crippen LogP contribution in [-0.4, -0.2) is 72.1 Å². The Morgan fingerprint density at radius 2 is 1.21 bits per heavy atom. The number of hydrogen-bond donors (Lipinski definition) is 0. The minimum atomic E-state index is -0.650. The monoisotopic (exact) mass is 1430 g/mol. The van der Waals surface area contributed by atoms with E-state index in [0.29, 0.717) is 35.1 Å². The van der Waals surface area contributed by atoms with Crippen LogP contribution in [0.15, 0.2) is 126 Å². The van der Waals surface area contributed by atoms with Gasteiger partial charge in [0.25, 0.3) is 6.26 Å². The lowest BCUT2D eigenvalue weighted by atomic mass is 9.85. The molecule has 0 radical (unpaired) electrons. The number of halogens is 4. The van der Waals surface area contributed by atoms with Crippen LogP contribution in [-0.2, 0) is 55.8 Å². The number of hydrogen-bond acceptors (Lipinski definition) is 16. The third-order valence-corrected chi connectivity index (χ3v) is 8.65. The summed E-state index contributed by atoms with van der Waals surface area (Å²) in [5.74, 6) is 0. The Kier molecular flexibility index (Phi) is 46.0. The summed E-state index contributed by atoms with van der Waals surface area (Å²) in [4.78, 5) is 94.6. The summed E-state index contributed by atoms with van der Waals surface area (Å²) in [7, 11) is 1.38. The zero-order valence-electron chi connectivity index (χ0n) is 45.5. The molecule has 0 aliphatic heterocycles. The summed E-state index contributed by atoms with van der Waals surface area (Å²) >= 11 is 3.84. The van der Waals surface area contributed by atoms with Crippen molar-refractivity contribution in [1.82, 2.24) is 0 Å². The fourth-order valence-electron chi connectivity index (χ4n) is 5.28. The van der Waals surface area contributed by atoms with Gasteiger partial charge in [-0.3, -0.25) is 0 Å². The highest BCUT2D eigenvalue weighted by Gasteiger charge is 2.26. The maximum Gasteiger partial charge on any atom is 0.286 e. The zero-order valence-corrected chi connectivity index (χ0v) is 49.5. The normalized spacial score (nSPS) is 9.83. The van der Waals surface area contributed by atoms with E-state index in [0.717, 1.165) is 65.5 Å². The second-order valence-electron chi connectivity index (χ2n) is 14.3. The van der Waals surface area contributed by atoms with Gasteiger partial charge in [0.05, 0.1) is 34.7 Å². The number of aliphatic imine (C=N–C) groups is 7. The predicted molar refractivity (Wildman–Crippen MR) is 320 cm³/mol. The van der Waals surface area contributed by atoms with E-state index in [-0.39, 0.29) is 60.7 Å². The molecule has 0 heterocycles. The second-order valence-corrected chi connectivity index (χ2v) is 15.1. The number of nitrogens with zero attached hydrogens (tertiary/aromatic N) is 8. The number of unbranched alkanes of at least 4 members (excludes halogenated alkanes) is 3. The number of isocyanates is 7. The lowest BCUT2D eigenvalue weighted by Gasteiger charge is -2.25. The number of para-hydroxylation sites is 1. The maximum atomic E-state index is 10.5. The van der Waals surface area contributed by atoms with Crippen molar-refractivity contribution in [1.29, 1.82) is 5.26 Å². The highest BCUT2D eigenvalue weighted by atomic mass is 127. The molecular weight excluding hydrogens is 1360 g/mol. The van der Waals surface area contributed by atoms with Crippen molar-refractivity contribution in [2.24, 2.45) is 34.9 Å². The average molecular weight is 1430 g/mol. The van der Waals surface area contributed by atoms with Crippen LogP contribution in [0.3, 0.4) is 0 Å². The minimum absolute atomic E-state index is 0. The standard InChI is InChI=1S/C15H10N2O2.C15H18N2O2.C8H12N2O2.C8H7NO.C2H5I.C2H3NO.CH3I.2HI.2H2/c18-10-16-14-5-1-12(2-6-14)9-13-3-7-15(8-4-13)17-11-19;1-11-6-7-12(14(2,3)16-9-18)8-13(11)15(4,5)17-10-19;9-7-12-6-4-2-1-3-5-10-8-11;1-7-4-2-3-5-8(7)9-6-10;1-2-3;1-3-2-4;1-2;;;;/h1-8H,9H2;6-8H,1-5H3;1-6H2;2-5H,1H3;2H2,1H3;1H3;1H3;4*1H/i;;;;1T,2D;;1D;;;1+2D;. The smallest absolute Gasteiger partial charge is 0.286 e. The van der Waals surface area contributed by atoms with Crippen molar-refractivity contribution >= 4 is 153 Å². The summed E-state index contributed by atoms with van der Waals surface area (Å²) in [6, 6.07) is 27.9. The lowest BCUT2D eigenvalue weighted by Crippen LogP contribution is -2.19. The molecule has 71 heavy (non-hydrogen) atoms. The molecular formula is C51H64I4N8O8. The number of alkyl halides is 2. The SMILES string of the molecule is CN=C=O.Cc1ccc(C(C)(C)N=C=O)cc1C(C)(C)N=C=O.Cc1ccccc1N=C=O.I.I.N#COCCCCCCN=C=O.O=C=Nc1ccc(Cc2ccc(N=C=O)cc2)cc1.[2H]C(I)C[3H].[2H]CI.[2H][3H].[HH]. The molecule has 0 fully saturated rings. The van der Waals surface area contributed by atoms with Crippen LogP contribution < -0.4 is 0 Å². The Labute approximate surface area is 487 Å². The van der Waals surface area contributed by atoms with Gasteiger partial charge < -0.3 is 4.74 Å². The predicted octanol–water partition coefficient (Wildman–Crippen LogP) is 13.9. The first kappa shape index (κ1) is 65.8. The summed E-state index contributed by atoms with van der Waals surface area (Å²) in [6.07, 6.45) is 16.7. The molecule has 1 unspecified atom stereocenters. The largest absolute Gasteiger partial charge is 0.428 e. The van der Waals surface area contributed by atoms with Crippen molar-refractivity contribution in [2.45, 2.75) is 91.6 Å². The van der Waals surface area contributed by atoms with Crippen LogP contribution in [0, 0.1) is 25.4 Å². The summed E-state index contributed by atoms with van der Waals surface area (Å²) in [6.45, 7) is 12.5. The Morgan fingerprint density at radius 3 is 1.63 bits per heavy atom. The van der Waals surface area contributed by atoms with E-state index in [4.69, 9.17) is 17.1 Å². The summed E-state index contributed by atoms with van der Waals surface area (Å²) < 4.78 is 33.5. The van der Waals surface area contributed by atoms with Crippen LogP contribution in [0.5, 0.6) is 0 Å². The molecule has 4 aromatic carbocycles. The topological polar surface area (TPSA) is 239 Å². The van der Waals surface area contributed by atoms with Crippen molar-refractivity contribution in [3.8, 4) is 6.26 Å². The van der Waals surface area contributed by atoms with Crippen molar-refractivity contribution in [2.75, 3.05) is 29.5 Å². The van der Waals surface area contributed by atoms with E-state index in [1.165, 1.54) is 37.4 Å². The van der Waals surface area contributed by atoms with Crippen molar-refractivity contribution in [3.63, 3.8) is 0 Å². The van der Waals surface area contributed by atoms with Gasteiger partial charge >= 0.3 is 0 Å². The van der Waals surface area contributed by atoms with E-state index in [2.05, 4.69) is 39.7 Å². The molecule has 0 aliphatic carbocycles. The quantitative estimate of drug-likeness (QED) is 0.0258. The fourth-order valence-corrected chi connectivity index (χ4v) is 5.28. The van der Waals surface area contributed by atoms with Gasteiger partial charge in [0.1, 0.15) is 6.61 Å². The Bertz CT molecular complexity index is 2520. The number of benzene rings is 4. The van der Waals surface area contributed by atoms with Gasteiger partial charge in [-0.15, -0.1) is 48.0 Å². The first-order chi connectivity index (χ1) is 35.4. The van der Waals surface area contributed by atoms with Gasteiger partial charge in [-0.25, -0.2) is 43.5 Å². The molecule has 0 saturated heterocycles. The number of rotatable bonds is 16. The zero-order chi connectivity index (χ0) is 57.1. The minimum Gasteiger partial charge on any atom is -0.428 e. The van der Waals surface area contributed by atoms with Gasteiger partial charge in [-0.1, -0.05) is 119 Å². The molecule has 0 bridgehead atoms. The molecule has 0 N–H and O–H groups in total. The Balaban J connectivity index is -0.000000158. The molecule has 0 spiro atoms. The summed E-state index contributed by atoms with van der Waals surface area (Å²) in [5, 5.41) is 8.01. The van der Waals surface area contributed by atoms with Crippen LogP contribution >= 0.6 is 93.1 Å². The van der Waals surface area contributed by atoms with Crippen LogP contribution in [0.25, 0.3) is 0 Å². The third-order valence-electron chi connectivity index (χ3n) is 8.65. The summed E-state index contributed by atoms with van der Waals surface area (Å²) in [5.41, 5.74) is 6.61. The van der Waals surface area contributed by atoms with Gasteiger partial charge in [-0.05, 0) is 140 Å². The highest BCUT2D eigenvalue weighted by molar-refractivity contribution is 14.1. The average Bonchev–Trinajstić information content (AvgIpc) is 3.38. The number of ether oxygens (including phenoxy) is 1. The molecule has 0 aliphatic rings. The van der Waals surface area contributed by atoms with Gasteiger partial charge in [0.15, 0.2) is 0 Å². The van der Waals surface area contributed by atoms with E-state index >= 15 is 0 Å². The third kappa shape index (κ3) is 38.1. The first-order valence-electron chi connectivity index (χ1n) is 23.4. The second kappa shape index (κ2) is 49.7. The van der Waals surface area contributed by atoms with Gasteiger partial charge in [0.2, 0.25) is 42.6 Å². The number of nitriles is 1.